The van der Waals surface area contributed by atoms with E-state index in [-0.39, 0.29) is 12.1 Å². The summed E-state index contributed by atoms with van der Waals surface area (Å²) in [5.74, 6) is 0. The zero-order valence-corrected chi connectivity index (χ0v) is 11.1. The molecule has 0 saturated carbocycles. The van der Waals surface area contributed by atoms with Crippen LogP contribution >= 0.6 is 0 Å². The lowest BCUT2D eigenvalue weighted by Crippen LogP contribution is -2.37. The second kappa shape index (κ2) is 5.19. The quantitative estimate of drug-likeness (QED) is 0.871. The Bertz CT molecular complexity index is 368. The summed E-state index contributed by atoms with van der Waals surface area (Å²) in [7, 11) is 0. The normalized spacial score (nSPS) is 26.1. The van der Waals surface area contributed by atoms with Gasteiger partial charge in [0.15, 0.2) is 0 Å². The van der Waals surface area contributed by atoms with Gasteiger partial charge >= 0.3 is 0 Å². The van der Waals surface area contributed by atoms with Crippen LogP contribution in [0.15, 0.2) is 18.2 Å². The van der Waals surface area contributed by atoms with Crippen molar-refractivity contribution in [1.82, 2.24) is 0 Å². The van der Waals surface area contributed by atoms with Gasteiger partial charge in [0.25, 0.3) is 0 Å². The number of benzene rings is 1. The lowest BCUT2D eigenvalue weighted by Gasteiger charge is -2.21. The van der Waals surface area contributed by atoms with Crippen molar-refractivity contribution < 1.29 is 4.74 Å². The van der Waals surface area contributed by atoms with Gasteiger partial charge in [0.05, 0.1) is 12.2 Å². The molecule has 1 heterocycles. The van der Waals surface area contributed by atoms with Crippen molar-refractivity contribution in [2.24, 2.45) is 5.73 Å². The average Bonchev–Trinajstić information content (AvgIpc) is 2.70. The van der Waals surface area contributed by atoms with Gasteiger partial charge in [-0.15, -0.1) is 0 Å². The van der Waals surface area contributed by atoms with Crippen LogP contribution in [0.4, 0.5) is 0 Å². The first-order chi connectivity index (χ1) is 8.08. The number of ether oxygens (including phenoxy) is 1. The van der Waals surface area contributed by atoms with Crippen LogP contribution < -0.4 is 5.73 Å². The van der Waals surface area contributed by atoms with Crippen LogP contribution in [-0.2, 0) is 11.2 Å². The van der Waals surface area contributed by atoms with E-state index in [0.29, 0.717) is 6.10 Å². The fourth-order valence-corrected chi connectivity index (χ4v) is 2.69. The maximum atomic E-state index is 6.29. The van der Waals surface area contributed by atoms with Crippen LogP contribution in [0.25, 0.3) is 0 Å². The fourth-order valence-electron chi connectivity index (χ4n) is 2.69. The van der Waals surface area contributed by atoms with Gasteiger partial charge in [-0.25, -0.2) is 0 Å². The lowest BCUT2D eigenvalue weighted by molar-refractivity contribution is 0.0404. The Balaban J connectivity index is 2.05. The molecule has 3 atom stereocenters. The Hall–Kier alpha value is -0.860. The minimum absolute atomic E-state index is 0.125. The maximum Gasteiger partial charge on any atom is 0.0733 e. The molecule has 0 radical (unpaired) electrons. The predicted octanol–water partition coefficient (Wildman–Crippen LogP) is 2.74. The average molecular weight is 233 g/mol. The van der Waals surface area contributed by atoms with Crippen molar-refractivity contribution in [2.45, 2.75) is 58.3 Å². The standard InChI is InChI=1S/C15H23NO/c1-10-5-4-6-11(2)13(10)9-14(16)15-8-7-12(3)17-15/h4-6,12,14-15H,7-9,16H2,1-3H3. The molecule has 3 unspecified atom stereocenters. The van der Waals surface area contributed by atoms with Crippen molar-refractivity contribution in [3.05, 3.63) is 34.9 Å². The highest BCUT2D eigenvalue weighted by atomic mass is 16.5. The van der Waals surface area contributed by atoms with Crippen LogP contribution in [0, 0.1) is 13.8 Å². The highest BCUT2D eigenvalue weighted by Gasteiger charge is 2.27. The predicted molar refractivity (Wildman–Crippen MR) is 71.2 cm³/mol. The van der Waals surface area contributed by atoms with Gasteiger partial charge < -0.3 is 10.5 Å². The van der Waals surface area contributed by atoms with E-state index in [1.807, 2.05) is 0 Å². The van der Waals surface area contributed by atoms with Gasteiger partial charge in [0, 0.05) is 6.04 Å². The number of aryl methyl sites for hydroxylation is 2. The van der Waals surface area contributed by atoms with Crippen LogP contribution in [0.2, 0.25) is 0 Å². The third-order valence-electron chi connectivity index (χ3n) is 3.83. The van der Waals surface area contributed by atoms with Crippen LogP contribution in [0.1, 0.15) is 36.5 Å². The van der Waals surface area contributed by atoms with Gasteiger partial charge in [-0.2, -0.15) is 0 Å². The molecular formula is C15H23NO. The Morgan fingerprint density at radius 2 is 1.94 bits per heavy atom. The second-order valence-corrected chi connectivity index (χ2v) is 5.30. The van der Waals surface area contributed by atoms with Crippen molar-refractivity contribution in [2.75, 3.05) is 0 Å². The summed E-state index contributed by atoms with van der Waals surface area (Å²) in [5.41, 5.74) is 10.4. The molecule has 1 aliphatic heterocycles. The molecule has 0 aliphatic carbocycles. The molecule has 1 aliphatic rings. The van der Waals surface area contributed by atoms with Crippen LogP contribution in [0.5, 0.6) is 0 Å². The second-order valence-electron chi connectivity index (χ2n) is 5.30. The van der Waals surface area contributed by atoms with E-state index in [1.54, 1.807) is 0 Å². The summed E-state index contributed by atoms with van der Waals surface area (Å²) in [4.78, 5) is 0. The number of nitrogens with two attached hydrogens (primary N) is 1. The van der Waals surface area contributed by atoms with E-state index in [9.17, 15) is 0 Å². The zero-order chi connectivity index (χ0) is 12.4. The van der Waals surface area contributed by atoms with Gasteiger partial charge in [-0.3, -0.25) is 0 Å². The minimum Gasteiger partial charge on any atom is -0.374 e. The number of hydrogen-bond donors (Lipinski definition) is 1. The van der Waals surface area contributed by atoms with E-state index in [4.69, 9.17) is 10.5 Å². The Morgan fingerprint density at radius 3 is 2.47 bits per heavy atom. The molecule has 2 rings (SSSR count). The molecule has 1 saturated heterocycles. The van der Waals surface area contributed by atoms with E-state index in [1.165, 1.54) is 16.7 Å². The minimum atomic E-state index is 0.125. The molecule has 0 amide bonds. The number of rotatable bonds is 3. The van der Waals surface area contributed by atoms with Crippen molar-refractivity contribution in [3.63, 3.8) is 0 Å². The summed E-state index contributed by atoms with van der Waals surface area (Å²) in [6.45, 7) is 6.45. The first-order valence-corrected chi connectivity index (χ1v) is 6.54. The summed E-state index contributed by atoms with van der Waals surface area (Å²) < 4.78 is 5.85. The topological polar surface area (TPSA) is 35.2 Å². The number of hydrogen-bond acceptors (Lipinski definition) is 2. The molecule has 0 aromatic heterocycles. The SMILES string of the molecule is Cc1cccc(C)c1CC(N)C1CCC(C)O1. The fraction of sp³-hybridized carbons (Fsp3) is 0.600. The Kier molecular flexibility index (Phi) is 3.85. The van der Waals surface area contributed by atoms with Crippen molar-refractivity contribution >= 4 is 0 Å². The summed E-state index contributed by atoms with van der Waals surface area (Å²) >= 11 is 0. The van der Waals surface area contributed by atoms with E-state index in [0.717, 1.165) is 19.3 Å². The molecule has 2 heteroatoms. The first kappa shape index (κ1) is 12.6. The van der Waals surface area contributed by atoms with Gasteiger partial charge in [0.1, 0.15) is 0 Å². The highest BCUT2D eigenvalue weighted by Crippen LogP contribution is 2.24. The molecular weight excluding hydrogens is 210 g/mol. The van der Waals surface area contributed by atoms with Crippen LogP contribution in [-0.4, -0.2) is 18.2 Å². The Labute approximate surface area is 104 Å². The maximum absolute atomic E-state index is 6.29. The zero-order valence-electron chi connectivity index (χ0n) is 11.1. The third kappa shape index (κ3) is 2.88. The van der Waals surface area contributed by atoms with E-state index >= 15 is 0 Å². The molecule has 1 fully saturated rings. The van der Waals surface area contributed by atoms with E-state index < -0.39 is 0 Å². The van der Waals surface area contributed by atoms with Crippen LogP contribution in [0.3, 0.4) is 0 Å². The first-order valence-electron chi connectivity index (χ1n) is 6.54. The van der Waals surface area contributed by atoms with Crippen molar-refractivity contribution in [3.8, 4) is 0 Å². The third-order valence-corrected chi connectivity index (χ3v) is 3.83. The van der Waals surface area contributed by atoms with Crippen molar-refractivity contribution in [1.29, 1.82) is 0 Å². The molecule has 2 N–H and O–H groups in total. The molecule has 94 valence electrons. The molecule has 17 heavy (non-hydrogen) atoms. The summed E-state index contributed by atoms with van der Waals surface area (Å²) in [5, 5.41) is 0. The lowest BCUT2D eigenvalue weighted by atomic mass is 9.94. The molecule has 0 bridgehead atoms. The molecule has 1 aromatic carbocycles. The van der Waals surface area contributed by atoms with Gasteiger partial charge in [-0.05, 0) is 56.7 Å². The van der Waals surface area contributed by atoms with Gasteiger partial charge in [-0.1, -0.05) is 18.2 Å². The highest BCUT2D eigenvalue weighted by molar-refractivity contribution is 5.34. The summed E-state index contributed by atoms with van der Waals surface area (Å²) in [6, 6.07) is 6.55. The smallest absolute Gasteiger partial charge is 0.0733 e. The monoisotopic (exact) mass is 233 g/mol. The summed E-state index contributed by atoms with van der Waals surface area (Å²) in [6.07, 6.45) is 3.79. The Morgan fingerprint density at radius 1 is 1.29 bits per heavy atom. The molecule has 1 aromatic rings. The van der Waals surface area contributed by atoms with E-state index in [2.05, 4.69) is 39.0 Å². The molecule has 2 nitrogen and oxygen atoms in total. The largest absolute Gasteiger partial charge is 0.374 e. The molecule has 0 spiro atoms. The van der Waals surface area contributed by atoms with Gasteiger partial charge in [0.2, 0.25) is 0 Å².